The van der Waals surface area contributed by atoms with Crippen molar-refractivity contribution in [3.05, 3.63) is 46.7 Å². The first kappa shape index (κ1) is 14.3. The number of aromatic carboxylic acids is 1. The summed E-state index contributed by atoms with van der Waals surface area (Å²) in [5, 5.41) is 15.0. The van der Waals surface area contributed by atoms with Gasteiger partial charge in [0.1, 0.15) is 5.15 Å². The molecule has 6 heteroatoms. The zero-order valence-electron chi connectivity index (χ0n) is 9.48. The van der Waals surface area contributed by atoms with Crippen molar-refractivity contribution in [2.24, 2.45) is 0 Å². The second-order valence-electron chi connectivity index (χ2n) is 3.29. The minimum Gasteiger partial charge on any atom is -0.545 e. The van der Waals surface area contributed by atoms with E-state index in [1.807, 2.05) is 18.2 Å². The van der Waals surface area contributed by atoms with Crippen molar-refractivity contribution in [1.82, 2.24) is 9.78 Å². The van der Waals surface area contributed by atoms with E-state index in [4.69, 9.17) is 11.6 Å². The van der Waals surface area contributed by atoms with Crippen molar-refractivity contribution in [3.63, 3.8) is 0 Å². The van der Waals surface area contributed by atoms with E-state index in [0.717, 1.165) is 0 Å². The van der Waals surface area contributed by atoms with Crippen LogP contribution in [0.1, 0.15) is 16.1 Å². The van der Waals surface area contributed by atoms with Crippen molar-refractivity contribution >= 4 is 17.6 Å². The van der Waals surface area contributed by atoms with Gasteiger partial charge in [-0.05, 0) is 19.1 Å². The molecule has 0 saturated heterocycles. The van der Waals surface area contributed by atoms with Gasteiger partial charge in [-0.3, -0.25) is 0 Å². The number of benzene rings is 1. The monoisotopic (exact) mass is 258 g/mol. The molecule has 2 rings (SSSR count). The maximum Gasteiger partial charge on any atom is 1.00 e. The predicted octanol–water partition coefficient (Wildman–Crippen LogP) is -1.80. The standard InChI is InChI=1S/C11H9ClN2O2.Na/c1-7-9(11(15)16)10(12)14(13-7)8-5-3-2-4-6-8;/h2-6H,1H3,(H,15,16);/q;+1/p-1. The minimum atomic E-state index is -1.32. The van der Waals surface area contributed by atoms with E-state index in [0.29, 0.717) is 11.4 Å². The van der Waals surface area contributed by atoms with Crippen LogP contribution < -0.4 is 34.7 Å². The zero-order valence-corrected chi connectivity index (χ0v) is 12.2. The van der Waals surface area contributed by atoms with Gasteiger partial charge in [0.2, 0.25) is 0 Å². The summed E-state index contributed by atoms with van der Waals surface area (Å²) >= 11 is 5.94. The van der Waals surface area contributed by atoms with E-state index in [-0.39, 0.29) is 40.3 Å². The van der Waals surface area contributed by atoms with Crippen LogP contribution >= 0.6 is 11.6 Å². The Kier molecular flexibility index (Phi) is 4.77. The summed E-state index contributed by atoms with van der Waals surface area (Å²) in [6, 6.07) is 9.07. The molecule has 0 fully saturated rings. The number of carbonyl (C=O) groups is 1. The third-order valence-corrected chi connectivity index (χ3v) is 2.56. The summed E-state index contributed by atoms with van der Waals surface area (Å²) in [6.07, 6.45) is 0. The van der Waals surface area contributed by atoms with Crippen LogP contribution in [0.2, 0.25) is 5.15 Å². The van der Waals surface area contributed by atoms with E-state index < -0.39 is 5.97 Å². The number of hydrogen-bond donors (Lipinski definition) is 0. The largest absolute Gasteiger partial charge is 1.00 e. The van der Waals surface area contributed by atoms with Crippen LogP contribution in [0.5, 0.6) is 0 Å². The molecule has 0 atom stereocenters. The number of aryl methyl sites for hydroxylation is 1. The number of nitrogens with zero attached hydrogens (tertiary/aromatic N) is 2. The van der Waals surface area contributed by atoms with Crippen molar-refractivity contribution < 1.29 is 39.5 Å². The molecule has 0 bridgehead atoms. The third-order valence-electron chi connectivity index (χ3n) is 2.21. The number of para-hydroxylation sites is 1. The Morgan fingerprint density at radius 2 is 1.94 bits per heavy atom. The van der Waals surface area contributed by atoms with Crippen LogP contribution in [0.4, 0.5) is 0 Å². The van der Waals surface area contributed by atoms with Crippen LogP contribution in [0, 0.1) is 6.92 Å². The molecular weight excluding hydrogens is 251 g/mol. The maximum atomic E-state index is 10.8. The summed E-state index contributed by atoms with van der Waals surface area (Å²) < 4.78 is 1.38. The predicted molar refractivity (Wildman–Crippen MR) is 57.6 cm³/mol. The van der Waals surface area contributed by atoms with Crippen LogP contribution in [0.15, 0.2) is 30.3 Å². The molecule has 17 heavy (non-hydrogen) atoms. The van der Waals surface area contributed by atoms with E-state index in [9.17, 15) is 9.90 Å². The Morgan fingerprint density at radius 3 is 2.41 bits per heavy atom. The minimum absolute atomic E-state index is 0. The van der Waals surface area contributed by atoms with Crippen molar-refractivity contribution in [2.75, 3.05) is 0 Å². The van der Waals surface area contributed by atoms with Gasteiger partial charge in [-0.25, -0.2) is 4.68 Å². The molecule has 2 aromatic rings. The van der Waals surface area contributed by atoms with E-state index in [1.54, 1.807) is 19.1 Å². The molecule has 0 N–H and O–H groups in total. The molecule has 0 unspecified atom stereocenters. The first-order valence-electron chi connectivity index (χ1n) is 4.63. The normalized spacial score (nSPS) is 9.76. The topological polar surface area (TPSA) is 58.0 Å². The van der Waals surface area contributed by atoms with Gasteiger partial charge in [-0.15, -0.1) is 0 Å². The molecule has 0 aliphatic carbocycles. The zero-order chi connectivity index (χ0) is 11.7. The van der Waals surface area contributed by atoms with Gasteiger partial charge in [0, 0.05) is 0 Å². The fourth-order valence-electron chi connectivity index (χ4n) is 1.47. The maximum absolute atomic E-state index is 10.8. The molecule has 1 aromatic carbocycles. The quantitative estimate of drug-likeness (QED) is 0.598. The molecule has 0 spiro atoms. The number of rotatable bonds is 2. The Bertz CT molecular complexity index is 540. The van der Waals surface area contributed by atoms with E-state index in [1.165, 1.54) is 4.68 Å². The van der Waals surface area contributed by atoms with Crippen LogP contribution in [-0.2, 0) is 0 Å². The average molecular weight is 259 g/mol. The van der Waals surface area contributed by atoms with Gasteiger partial charge < -0.3 is 9.90 Å². The molecule has 82 valence electrons. The molecule has 0 amide bonds. The van der Waals surface area contributed by atoms with E-state index in [2.05, 4.69) is 5.10 Å². The fourth-order valence-corrected chi connectivity index (χ4v) is 1.82. The smallest absolute Gasteiger partial charge is 0.545 e. The molecule has 0 aliphatic heterocycles. The first-order valence-corrected chi connectivity index (χ1v) is 5.01. The molecular formula is C11H8ClN2NaO2. The Labute approximate surface area is 125 Å². The molecule has 0 aliphatic rings. The summed E-state index contributed by atoms with van der Waals surface area (Å²) in [4.78, 5) is 10.8. The number of carboxylic acid groups (broad SMARTS) is 1. The Morgan fingerprint density at radius 1 is 1.35 bits per heavy atom. The van der Waals surface area contributed by atoms with Crippen LogP contribution in [0.25, 0.3) is 5.69 Å². The molecule has 1 heterocycles. The first-order chi connectivity index (χ1) is 7.61. The summed E-state index contributed by atoms with van der Waals surface area (Å²) in [5.74, 6) is -1.32. The molecule has 0 radical (unpaired) electrons. The molecule has 4 nitrogen and oxygen atoms in total. The number of hydrogen-bond acceptors (Lipinski definition) is 3. The van der Waals surface area contributed by atoms with Crippen LogP contribution in [0.3, 0.4) is 0 Å². The van der Waals surface area contributed by atoms with Crippen molar-refractivity contribution in [2.45, 2.75) is 6.92 Å². The Balaban J connectivity index is 0.00000144. The average Bonchev–Trinajstić information content (AvgIpc) is 2.55. The van der Waals surface area contributed by atoms with E-state index >= 15 is 0 Å². The SMILES string of the molecule is Cc1nn(-c2ccccc2)c(Cl)c1C(=O)[O-].[Na+]. The second kappa shape index (κ2) is 5.69. The number of carbonyl (C=O) groups excluding carboxylic acids is 1. The summed E-state index contributed by atoms with van der Waals surface area (Å²) in [6.45, 7) is 1.58. The Hall–Kier alpha value is -0.810. The van der Waals surface area contributed by atoms with Gasteiger partial charge in [-0.1, -0.05) is 29.8 Å². The number of carboxylic acids is 1. The van der Waals surface area contributed by atoms with Crippen molar-refractivity contribution in [1.29, 1.82) is 0 Å². The fraction of sp³-hybridized carbons (Fsp3) is 0.0909. The van der Waals surface area contributed by atoms with Gasteiger partial charge >= 0.3 is 29.6 Å². The van der Waals surface area contributed by atoms with Gasteiger partial charge in [-0.2, -0.15) is 5.10 Å². The molecule has 0 saturated carbocycles. The third kappa shape index (κ3) is 2.72. The van der Waals surface area contributed by atoms with Gasteiger partial charge in [0.05, 0.1) is 22.9 Å². The van der Waals surface area contributed by atoms with Crippen molar-refractivity contribution in [3.8, 4) is 5.69 Å². The van der Waals surface area contributed by atoms with Gasteiger partial charge in [0.25, 0.3) is 0 Å². The summed E-state index contributed by atoms with van der Waals surface area (Å²) in [5.41, 5.74) is 0.988. The van der Waals surface area contributed by atoms with Crippen LogP contribution in [-0.4, -0.2) is 15.7 Å². The number of aromatic nitrogens is 2. The van der Waals surface area contributed by atoms with Gasteiger partial charge in [0.15, 0.2) is 0 Å². The number of halogens is 1. The second-order valence-corrected chi connectivity index (χ2v) is 3.64. The molecule has 1 aromatic heterocycles. The summed E-state index contributed by atoms with van der Waals surface area (Å²) in [7, 11) is 0.